The van der Waals surface area contributed by atoms with Gasteiger partial charge in [-0.15, -0.1) is 5.10 Å². The number of aromatic nitrogens is 2. The maximum atomic E-state index is 5.66. The fraction of sp³-hybridized carbons (Fsp3) is 0.385. The molecule has 0 saturated carbocycles. The summed E-state index contributed by atoms with van der Waals surface area (Å²) in [7, 11) is 1.88. The molecule has 96 valence electrons. The summed E-state index contributed by atoms with van der Waals surface area (Å²) < 4.78 is 5.66. The minimum Gasteiger partial charge on any atom is -0.430 e. The summed E-state index contributed by atoms with van der Waals surface area (Å²) in [5.41, 5.74) is 1.30. The van der Waals surface area contributed by atoms with Crippen molar-refractivity contribution in [1.29, 1.82) is 0 Å². The van der Waals surface area contributed by atoms with E-state index in [1.807, 2.05) is 19.2 Å². The smallest absolute Gasteiger partial charge is 0.299 e. The second-order valence-corrected chi connectivity index (χ2v) is 5.34. The Hall–Kier alpha value is -1.46. The molecule has 0 fully saturated rings. The van der Waals surface area contributed by atoms with E-state index in [9.17, 15) is 0 Å². The van der Waals surface area contributed by atoms with Gasteiger partial charge in [-0.1, -0.05) is 42.4 Å². The molecule has 2 aromatic rings. The molecule has 0 aliphatic rings. The van der Waals surface area contributed by atoms with Gasteiger partial charge in [0.1, 0.15) is 10.8 Å². The lowest BCUT2D eigenvalue weighted by molar-refractivity contribution is 0.472. The zero-order valence-corrected chi connectivity index (χ0v) is 11.6. The van der Waals surface area contributed by atoms with Crippen molar-refractivity contribution in [2.75, 3.05) is 7.05 Å². The number of benzene rings is 1. The second kappa shape index (κ2) is 5.93. The first kappa shape index (κ1) is 13.0. The van der Waals surface area contributed by atoms with Gasteiger partial charge in [-0.05, 0) is 30.7 Å². The van der Waals surface area contributed by atoms with Gasteiger partial charge in [-0.3, -0.25) is 0 Å². The molecule has 0 aliphatic carbocycles. The Balaban J connectivity index is 2.03. The number of ether oxygens (including phenoxy) is 1. The Kier molecular flexibility index (Phi) is 4.28. The van der Waals surface area contributed by atoms with Crippen molar-refractivity contribution in [3.63, 3.8) is 0 Å². The molecule has 4 nitrogen and oxygen atoms in total. The van der Waals surface area contributed by atoms with Crippen molar-refractivity contribution in [2.24, 2.45) is 0 Å². The molecule has 0 spiro atoms. The molecule has 18 heavy (non-hydrogen) atoms. The minimum absolute atomic E-state index is 0.530. The Labute approximate surface area is 111 Å². The third-order valence-corrected chi connectivity index (χ3v) is 3.33. The normalized spacial score (nSPS) is 10.9. The van der Waals surface area contributed by atoms with Crippen LogP contribution in [0.3, 0.4) is 0 Å². The molecule has 2 rings (SSSR count). The summed E-state index contributed by atoms with van der Waals surface area (Å²) >= 11 is 1.46. The van der Waals surface area contributed by atoms with Crippen LogP contribution in [0.2, 0.25) is 0 Å². The Morgan fingerprint density at radius 2 is 1.94 bits per heavy atom. The maximum Gasteiger partial charge on any atom is 0.299 e. The minimum atomic E-state index is 0.530. The van der Waals surface area contributed by atoms with Crippen LogP contribution in [0.1, 0.15) is 30.3 Å². The van der Waals surface area contributed by atoms with Crippen molar-refractivity contribution >= 4 is 11.3 Å². The van der Waals surface area contributed by atoms with Crippen LogP contribution in [-0.2, 0) is 6.54 Å². The number of nitrogens with zero attached hydrogens (tertiary/aromatic N) is 2. The third kappa shape index (κ3) is 3.27. The largest absolute Gasteiger partial charge is 0.430 e. The number of rotatable bonds is 5. The van der Waals surface area contributed by atoms with Gasteiger partial charge in [0, 0.05) is 6.54 Å². The molecule has 0 unspecified atom stereocenters. The molecule has 0 aliphatic heterocycles. The van der Waals surface area contributed by atoms with Crippen LogP contribution in [0.4, 0.5) is 0 Å². The van der Waals surface area contributed by atoms with Crippen LogP contribution in [0, 0.1) is 0 Å². The molecule has 1 aromatic carbocycles. The average Bonchev–Trinajstić information content (AvgIpc) is 2.78. The van der Waals surface area contributed by atoms with E-state index in [1.54, 1.807) is 0 Å². The molecule has 0 bridgehead atoms. The summed E-state index contributed by atoms with van der Waals surface area (Å²) in [6.07, 6.45) is 0. The highest BCUT2D eigenvalue weighted by atomic mass is 32.1. The van der Waals surface area contributed by atoms with Gasteiger partial charge < -0.3 is 10.1 Å². The lowest BCUT2D eigenvalue weighted by Crippen LogP contribution is -2.04. The van der Waals surface area contributed by atoms with Crippen molar-refractivity contribution in [2.45, 2.75) is 26.3 Å². The van der Waals surface area contributed by atoms with Crippen LogP contribution in [-0.4, -0.2) is 17.2 Å². The van der Waals surface area contributed by atoms with E-state index < -0.39 is 0 Å². The number of nitrogens with one attached hydrogen (secondary N) is 1. The van der Waals surface area contributed by atoms with Gasteiger partial charge in [0.2, 0.25) is 0 Å². The van der Waals surface area contributed by atoms with Crippen LogP contribution < -0.4 is 10.1 Å². The van der Waals surface area contributed by atoms with Crippen LogP contribution in [0.25, 0.3) is 0 Å². The SMILES string of the molecule is CNCc1nnc(Oc2ccc(C(C)C)cc2)s1. The second-order valence-electron chi connectivity index (χ2n) is 4.32. The van der Waals surface area contributed by atoms with Gasteiger partial charge >= 0.3 is 0 Å². The summed E-state index contributed by atoms with van der Waals surface area (Å²) in [6.45, 7) is 5.06. The highest BCUT2D eigenvalue weighted by Crippen LogP contribution is 2.26. The molecule has 1 N–H and O–H groups in total. The molecule has 0 saturated heterocycles. The monoisotopic (exact) mass is 263 g/mol. The van der Waals surface area contributed by atoms with E-state index in [-0.39, 0.29) is 0 Å². The number of hydrogen-bond acceptors (Lipinski definition) is 5. The fourth-order valence-electron chi connectivity index (χ4n) is 1.52. The summed E-state index contributed by atoms with van der Waals surface area (Å²) in [6, 6.07) is 8.09. The third-order valence-electron chi connectivity index (χ3n) is 2.53. The van der Waals surface area contributed by atoms with Gasteiger partial charge in [0.15, 0.2) is 0 Å². The van der Waals surface area contributed by atoms with Crippen molar-refractivity contribution in [1.82, 2.24) is 15.5 Å². The van der Waals surface area contributed by atoms with Crippen LogP contribution in [0.15, 0.2) is 24.3 Å². The highest BCUT2D eigenvalue weighted by molar-refractivity contribution is 7.13. The predicted octanol–water partition coefficient (Wildman–Crippen LogP) is 3.17. The topological polar surface area (TPSA) is 47.0 Å². The molecule has 0 amide bonds. The molecular formula is C13H17N3OS. The van der Waals surface area contributed by atoms with Gasteiger partial charge in [0.25, 0.3) is 5.19 Å². The van der Waals surface area contributed by atoms with E-state index >= 15 is 0 Å². The van der Waals surface area contributed by atoms with Gasteiger partial charge in [-0.2, -0.15) is 0 Å². The zero-order chi connectivity index (χ0) is 13.0. The fourth-order valence-corrected chi connectivity index (χ4v) is 2.24. The molecule has 1 aromatic heterocycles. The van der Waals surface area contributed by atoms with Gasteiger partial charge in [-0.25, -0.2) is 0 Å². The van der Waals surface area contributed by atoms with E-state index in [0.717, 1.165) is 10.8 Å². The van der Waals surface area contributed by atoms with E-state index in [0.29, 0.717) is 17.7 Å². The summed E-state index contributed by atoms with van der Waals surface area (Å²) in [4.78, 5) is 0. The predicted molar refractivity (Wildman–Crippen MR) is 73.3 cm³/mol. The van der Waals surface area contributed by atoms with Crippen molar-refractivity contribution in [3.05, 3.63) is 34.8 Å². The molecule has 0 atom stereocenters. The van der Waals surface area contributed by atoms with Crippen molar-refractivity contribution < 1.29 is 4.74 Å². The van der Waals surface area contributed by atoms with E-state index in [4.69, 9.17) is 4.74 Å². The summed E-state index contributed by atoms with van der Waals surface area (Å²) in [5.74, 6) is 1.33. The molecule has 5 heteroatoms. The average molecular weight is 263 g/mol. The Bertz CT molecular complexity index is 493. The first-order valence-corrected chi connectivity index (χ1v) is 6.75. The van der Waals surface area contributed by atoms with Crippen molar-refractivity contribution in [3.8, 4) is 10.9 Å². The van der Waals surface area contributed by atoms with E-state index in [2.05, 4.69) is 41.5 Å². The summed E-state index contributed by atoms with van der Waals surface area (Å²) in [5, 5.41) is 12.6. The zero-order valence-electron chi connectivity index (χ0n) is 10.8. The van der Waals surface area contributed by atoms with E-state index in [1.165, 1.54) is 16.9 Å². The first-order valence-electron chi connectivity index (χ1n) is 5.94. The maximum absolute atomic E-state index is 5.66. The Morgan fingerprint density at radius 1 is 1.22 bits per heavy atom. The number of hydrogen-bond donors (Lipinski definition) is 1. The van der Waals surface area contributed by atoms with Crippen LogP contribution >= 0.6 is 11.3 Å². The Morgan fingerprint density at radius 3 is 2.56 bits per heavy atom. The highest BCUT2D eigenvalue weighted by Gasteiger charge is 2.06. The first-order chi connectivity index (χ1) is 8.69. The lowest BCUT2D eigenvalue weighted by Gasteiger charge is -2.06. The quantitative estimate of drug-likeness (QED) is 0.900. The molecule has 0 radical (unpaired) electrons. The van der Waals surface area contributed by atoms with Crippen LogP contribution in [0.5, 0.6) is 10.9 Å². The molecular weight excluding hydrogens is 246 g/mol. The standard InChI is InChI=1S/C13H17N3OS/c1-9(2)10-4-6-11(7-5-10)17-13-16-15-12(18-13)8-14-3/h4-7,9,14H,8H2,1-3H3. The lowest BCUT2D eigenvalue weighted by atomic mass is 10.0. The molecule has 1 heterocycles. The van der Waals surface area contributed by atoms with Gasteiger partial charge in [0.05, 0.1) is 0 Å².